The number of hydrogen-bond donors (Lipinski definition) is 0. The lowest BCUT2D eigenvalue weighted by molar-refractivity contribution is 1.28. The first kappa shape index (κ1) is 17.6. The summed E-state index contributed by atoms with van der Waals surface area (Å²) < 4.78 is 75.8. The van der Waals surface area contributed by atoms with Crippen LogP contribution in [-0.2, 0) is 0 Å². The van der Waals surface area contributed by atoms with Gasteiger partial charge in [0, 0.05) is 37.2 Å². The predicted octanol–water partition coefficient (Wildman–Crippen LogP) is 12.0. The number of benzene rings is 7. The molecule has 7 aromatic carbocycles. The fraction of sp³-hybridized carbons (Fsp3) is 0. The largest absolute Gasteiger partial charge is 0.310 e. The SMILES string of the molecule is [2H]c1c([2H])c(-c2cccc3c2sc2ccccc23)c([2H])c(N(c2ccccc2)c2c([2H])c([2H])c(-c3cccc4ccccc34)c([2H])c2[2H])c1[2H]. The van der Waals surface area contributed by atoms with Crippen molar-refractivity contribution in [1.82, 2.24) is 0 Å². The summed E-state index contributed by atoms with van der Waals surface area (Å²) in [5, 5.41) is 3.68. The van der Waals surface area contributed by atoms with E-state index in [1.165, 1.54) is 16.2 Å². The summed E-state index contributed by atoms with van der Waals surface area (Å²) in [6.07, 6.45) is 0. The Kier molecular flexibility index (Phi) is 4.33. The highest BCUT2D eigenvalue weighted by atomic mass is 32.1. The van der Waals surface area contributed by atoms with Crippen LogP contribution in [0.2, 0.25) is 0 Å². The van der Waals surface area contributed by atoms with E-state index in [9.17, 15) is 6.85 Å². The molecule has 8 aromatic rings. The van der Waals surface area contributed by atoms with Crippen molar-refractivity contribution in [2.45, 2.75) is 0 Å². The lowest BCUT2D eigenvalue weighted by Crippen LogP contribution is -2.09. The van der Waals surface area contributed by atoms with E-state index in [1.807, 2.05) is 78.9 Å². The van der Waals surface area contributed by atoms with Gasteiger partial charge in [0.1, 0.15) is 0 Å². The van der Waals surface area contributed by atoms with Crippen LogP contribution in [0.3, 0.4) is 0 Å². The minimum absolute atomic E-state index is 0.107. The van der Waals surface area contributed by atoms with Crippen LogP contribution in [0.5, 0.6) is 0 Å². The van der Waals surface area contributed by atoms with Gasteiger partial charge in [-0.25, -0.2) is 0 Å². The molecule has 0 aliphatic rings. The second-order valence-corrected chi connectivity index (χ2v) is 11.0. The van der Waals surface area contributed by atoms with Crippen molar-refractivity contribution >= 4 is 59.3 Å². The van der Waals surface area contributed by atoms with E-state index in [2.05, 4.69) is 0 Å². The first-order chi connectivity index (χ1) is 24.2. The molecular weight excluding hydrogens is 527 g/mol. The van der Waals surface area contributed by atoms with E-state index in [1.54, 1.807) is 36.4 Å². The minimum Gasteiger partial charge on any atom is -0.310 e. The fourth-order valence-electron chi connectivity index (χ4n) is 5.47. The smallest absolute Gasteiger partial charge is 0.0651 e. The highest BCUT2D eigenvalue weighted by molar-refractivity contribution is 7.26. The molecule has 0 radical (unpaired) electrons. The molecule has 0 spiro atoms. The summed E-state index contributed by atoms with van der Waals surface area (Å²) in [5.41, 5.74) is 1.56. The fourth-order valence-corrected chi connectivity index (χ4v) is 6.69. The number of para-hydroxylation sites is 1. The van der Waals surface area contributed by atoms with E-state index >= 15 is 0 Å². The van der Waals surface area contributed by atoms with Crippen LogP contribution in [0.15, 0.2) is 164 Å². The van der Waals surface area contributed by atoms with Crippen molar-refractivity contribution in [1.29, 1.82) is 0 Å². The van der Waals surface area contributed by atoms with Crippen molar-refractivity contribution in [2.75, 3.05) is 4.90 Å². The van der Waals surface area contributed by atoms with Gasteiger partial charge in [-0.15, -0.1) is 11.3 Å². The predicted molar refractivity (Wildman–Crippen MR) is 182 cm³/mol. The van der Waals surface area contributed by atoms with Crippen LogP contribution < -0.4 is 4.90 Å². The molecule has 0 aliphatic carbocycles. The van der Waals surface area contributed by atoms with Gasteiger partial charge < -0.3 is 4.90 Å². The number of rotatable bonds is 5. The first-order valence-electron chi connectivity index (χ1n) is 17.6. The molecule has 0 fully saturated rings. The number of anilines is 3. The molecule has 0 saturated carbocycles. The zero-order valence-corrected chi connectivity index (χ0v) is 23.1. The van der Waals surface area contributed by atoms with Gasteiger partial charge in [0.25, 0.3) is 0 Å². The Balaban J connectivity index is 1.43. The van der Waals surface area contributed by atoms with Crippen LogP contribution >= 0.6 is 11.3 Å². The first-order valence-corrected chi connectivity index (χ1v) is 14.4. The van der Waals surface area contributed by atoms with Crippen molar-refractivity contribution in [3.8, 4) is 22.3 Å². The third kappa shape index (κ3) is 4.25. The highest BCUT2D eigenvalue weighted by Crippen LogP contribution is 2.42. The summed E-state index contributed by atoms with van der Waals surface area (Å²) in [6, 6.07) is 32.9. The Bertz CT molecular complexity index is 2620. The molecule has 198 valence electrons. The maximum absolute atomic E-state index is 9.64. The number of nitrogens with zero attached hydrogens (tertiary/aromatic N) is 1. The zero-order valence-electron chi connectivity index (χ0n) is 30.3. The standard InChI is InChI=1S/C40H27NS/c1-2-14-31(15-3-1)41(32-25-23-29(24-26-32)35-19-9-12-28-11-4-5-17-34(28)35)33-16-8-13-30(27-33)36-20-10-21-38-37-18-6-7-22-39(37)42-40(36)38/h1-27H/i8D,13D,16D,23D,24D,25D,26D,27D. The quantitative estimate of drug-likeness (QED) is 0.202. The van der Waals surface area contributed by atoms with Crippen molar-refractivity contribution in [2.24, 2.45) is 0 Å². The lowest BCUT2D eigenvalue weighted by atomic mass is 9.98. The van der Waals surface area contributed by atoms with Gasteiger partial charge in [-0.3, -0.25) is 0 Å². The molecule has 0 amide bonds. The highest BCUT2D eigenvalue weighted by Gasteiger charge is 2.16. The van der Waals surface area contributed by atoms with Crippen LogP contribution in [0.25, 0.3) is 53.2 Å². The molecule has 1 heterocycles. The molecule has 0 N–H and O–H groups in total. The van der Waals surface area contributed by atoms with Gasteiger partial charge in [0.2, 0.25) is 0 Å². The van der Waals surface area contributed by atoms with Crippen LogP contribution in [0.4, 0.5) is 17.1 Å². The Morgan fingerprint density at radius 1 is 0.476 bits per heavy atom. The summed E-state index contributed by atoms with van der Waals surface area (Å²) in [5.74, 6) is 0. The van der Waals surface area contributed by atoms with Gasteiger partial charge in [-0.05, 0) is 75.4 Å². The van der Waals surface area contributed by atoms with Crippen molar-refractivity contribution in [3.05, 3.63) is 164 Å². The second-order valence-electron chi connectivity index (χ2n) is 9.93. The van der Waals surface area contributed by atoms with Gasteiger partial charge in [0.05, 0.1) is 11.0 Å². The molecule has 2 heteroatoms. The molecule has 0 aliphatic heterocycles. The summed E-state index contributed by atoms with van der Waals surface area (Å²) in [7, 11) is 0. The van der Waals surface area contributed by atoms with Gasteiger partial charge >= 0.3 is 0 Å². The topological polar surface area (TPSA) is 3.24 Å². The van der Waals surface area contributed by atoms with E-state index in [0.717, 1.165) is 30.9 Å². The Morgan fingerprint density at radius 2 is 1.17 bits per heavy atom. The molecule has 0 saturated heterocycles. The van der Waals surface area contributed by atoms with E-state index < -0.39 is 12.1 Å². The third-order valence-corrected chi connectivity index (χ3v) is 8.64. The number of fused-ring (bicyclic) bond motifs is 4. The van der Waals surface area contributed by atoms with Crippen molar-refractivity contribution < 1.29 is 11.0 Å². The Hall–Kier alpha value is -5.18. The summed E-state index contributed by atoms with van der Waals surface area (Å²) in [6.45, 7) is 0. The average Bonchev–Trinajstić information content (AvgIpc) is 3.53. The second kappa shape index (κ2) is 10.3. The van der Waals surface area contributed by atoms with Crippen LogP contribution in [-0.4, -0.2) is 0 Å². The van der Waals surface area contributed by atoms with Crippen LogP contribution in [0, 0.1) is 0 Å². The maximum Gasteiger partial charge on any atom is 0.0651 e. The average molecular weight is 562 g/mol. The monoisotopic (exact) mass is 561 g/mol. The van der Waals surface area contributed by atoms with E-state index in [0.29, 0.717) is 16.8 Å². The molecule has 1 aromatic heterocycles. The summed E-state index contributed by atoms with van der Waals surface area (Å²) in [4.78, 5) is 1.38. The number of thiophene rings is 1. The molecular formula is C40H27NS. The molecule has 42 heavy (non-hydrogen) atoms. The van der Waals surface area contributed by atoms with Gasteiger partial charge in [0.15, 0.2) is 0 Å². The summed E-state index contributed by atoms with van der Waals surface area (Å²) >= 11 is 1.53. The Morgan fingerprint density at radius 3 is 2.05 bits per heavy atom. The molecule has 0 bridgehead atoms. The van der Waals surface area contributed by atoms with E-state index in [4.69, 9.17) is 4.11 Å². The maximum atomic E-state index is 9.64. The third-order valence-electron chi connectivity index (χ3n) is 7.42. The van der Waals surface area contributed by atoms with E-state index in [-0.39, 0.29) is 58.8 Å². The molecule has 8 rings (SSSR count). The zero-order chi connectivity index (χ0) is 34.8. The number of hydrogen-bond acceptors (Lipinski definition) is 2. The van der Waals surface area contributed by atoms with Crippen LogP contribution in [0.1, 0.15) is 11.0 Å². The molecule has 0 unspecified atom stereocenters. The normalized spacial score (nSPS) is 14.0. The molecule has 1 nitrogen and oxygen atoms in total. The molecule has 0 atom stereocenters. The minimum atomic E-state index is -0.425. The Labute approximate surface area is 260 Å². The lowest BCUT2D eigenvalue weighted by Gasteiger charge is -2.26. The van der Waals surface area contributed by atoms with Gasteiger partial charge in [-0.1, -0.05) is 121 Å². The van der Waals surface area contributed by atoms with Gasteiger partial charge in [-0.2, -0.15) is 0 Å². The van der Waals surface area contributed by atoms with Crippen molar-refractivity contribution in [3.63, 3.8) is 0 Å².